The lowest BCUT2D eigenvalue weighted by Crippen LogP contribution is -2.45. The molecular formula is C20H23BrN2O4. The highest BCUT2D eigenvalue weighted by Crippen LogP contribution is 2.29. The van der Waals surface area contributed by atoms with Gasteiger partial charge in [0, 0.05) is 4.47 Å². The van der Waals surface area contributed by atoms with Crippen LogP contribution in [0.5, 0.6) is 11.5 Å². The van der Waals surface area contributed by atoms with Crippen molar-refractivity contribution in [1.82, 2.24) is 10.9 Å². The van der Waals surface area contributed by atoms with Crippen molar-refractivity contribution in [3.05, 3.63) is 58.1 Å². The van der Waals surface area contributed by atoms with Gasteiger partial charge >= 0.3 is 0 Å². The van der Waals surface area contributed by atoms with Gasteiger partial charge in [-0.15, -0.1) is 0 Å². The molecule has 0 unspecified atom stereocenters. The molecule has 0 saturated heterocycles. The minimum Gasteiger partial charge on any atom is -0.484 e. The van der Waals surface area contributed by atoms with Gasteiger partial charge in [-0.2, -0.15) is 0 Å². The Morgan fingerprint density at radius 2 is 1.67 bits per heavy atom. The van der Waals surface area contributed by atoms with E-state index in [0.717, 1.165) is 15.6 Å². The van der Waals surface area contributed by atoms with Gasteiger partial charge in [0.1, 0.15) is 11.5 Å². The second-order valence-corrected chi connectivity index (χ2v) is 7.24. The minimum atomic E-state index is -0.462. The van der Waals surface area contributed by atoms with Crippen molar-refractivity contribution < 1.29 is 19.1 Å². The Kier molecular flexibility index (Phi) is 7.67. The largest absolute Gasteiger partial charge is 0.484 e. The average molecular weight is 435 g/mol. The van der Waals surface area contributed by atoms with E-state index in [9.17, 15) is 9.59 Å². The Labute approximate surface area is 167 Å². The SMILES string of the molecule is Cc1cccc(OCC(=O)NNC(=O)COc2ccc(Br)cc2C(C)C)c1. The van der Waals surface area contributed by atoms with E-state index in [1.54, 1.807) is 12.1 Å². The molecule has 0 fully saturated rings. The van der Waals surface area contributed by atoms with Gasteiger partial charge in [-0.05, 0) is 54.3 Å². The van der Waals surface area contributed by atoms with E-state index in [0.29, 0.717) is 11.5 Å². The molecule has 2 aromatic rings. The average Bonchev–Trinajstić information content (AvgIpc) is 2.63. The van der Waals surface area contributed by atoms with E-state index < -0.39 is 11.8 Å². The van der Waals surface area contributed by atoms with Crippen LogP contribution in [0, 0.1) is 6.92 Å². The predicted octanol–water partition coefficient (Wildman–Crippen LogP) is 3.49. The Morgan fingerprint density at radius 1 is 1.00 bits per heavy atom. The van der Waals surface area contributed by atoms with E-state index in [2.05, 4.69) is 26.8 Å². The molecule has 0 bridgehead atoms. The number of benzene rings is 2. The zero-order chi connectivity index (χ0) is 19.8. The number of aryl methyl sites for hydroxylation is 1. The molecule has 0 aliphatic rings. The van der Waals surface area contributed by atoms with Crippen molar-refractivity contribution in [3.63, 3.8) is 0 Å². The van der Waals surface area contributed by atoms with Crippen LogP contribution in [-0.4, -0.2) is 25.0 Å². The summed E-state index contributed by atoms with van der Waals surface area (Å²) in [6.07, 6.45) is 0. The summed E-state index contributed by atoms with van der Waals surface area (Å²) >= 11 is 3.43. The van der Waals surface area contributed by atoms with Crippen LogP contribution in [0.1, 0.15) is 30.9 Å². The summed E-state index contributed by atoms with van der Waals surface area (Å²) in [6, 6.07) is 13.0. The molecule has 7 heteroatoms. The van der Waals surface area contributed by atoms with E-state index >= 15 is 0 Å². The molecule has 2 aromatic carbocycles. The highest BCUT2D eigenvalue weighted by Gasteiger charge is 2.11. The third kappa shape index (κ3) is 6.94. The van der Waals surface area contributed by atoms with Gasteiger partial charge in [0.05, 0.1) is 0 Å². The Balaban J connectivity index is 1.75. The first-order chi connectivity index (χ1) is 12.8. The number of rotatable bonds is 7. The molecule has 27 heavy (non-hydrogen) atoms. The topological polar surface area (TPSA) is 76.7 Å². The maximum absolute atomic E-state index is 11.9. The van der Waals surface area contributed by atoms with Crippen LogP contribution in [0.15, 0.2) is 46.9 Å². The molecule has 0 aliphatic carbocycles. The van der Waals surface area contributed by atoms with E-state index in [4.69, 9.17) is 9.47 Å². The first kappa shape index (κ1) is 20.8. The smallest absolute Gasteiger partial charge is 0.276 e. The lowest BCUT2D eigenvalue weighted by atomic mass is 10.0. The molecule has 0 radical (unpaired) electrons. The third-order valence-electron chi connectivity index (χ3n) is 3.65. The molecule has 0 aliphatic heterocycles. The van der Waals surface area contributed by atoms with Gasteiger partial charge in [-0.25, -0.2) is 0 Å². The van der Waals surface area contributed by atoms with Gasteiger partial charge in [0.25, 0.3) is 11.8 Å². The fraction of sp³-hybridized carbons (Fsp3) is 0.300. The monoisotopic (exact) mass is 434 g/mol. The number of carbonyl (C=O) groups excluding carboxylic acids is 2. The quantitative estimate of drug-likeness (QED) is 0.653. The molecule has 0 saturated carbocycles. The van der Waals surface area contributed by atoms with Gasteiger partial charge < -0.3 is 9.47 Å². The number of nitrogens with one attached hydrogen (secondary N) is 2. The first-order valence-corrected chi connectivity index (χ1v) is 9.34. The van der Waals surface area contributed by atoms with E-state index in [1.807, 2.05) is 51.1 Å². The van der Waals surface area contributed by atoms with Crippen LogP contribution < -0.4 is 20.3 Å². The maximum Gasteiger partial charge on any atom is 0.276 e. The number of hydrazine groups is 1. The molecule has 144 valence electrons. The number of hydrogen-bond acceptors (Lipinski definition) is 4. The summed E-state index contributed by atoms with van der Waals surface area (Å²) in [4.78, 5) is 23.7. The lowest BCUT2D eigenvalue weighted by molar-refractivity contribution is -0.131. The van der Waals surface area contributed by atoms with Crippen molar-refractivity contribution in [1.29, 1.82) is 0 Å². The van der Waals surface area contributed by atoms with Crippen LogP contribution in [0.4, 0.5) is 0 Å². The molecular weight excluding hydrogens is 412 g/mol. The third-order valence-corrected chi connectivity index (χ3v) is 4.15. The first-order valence-electron chi connectivity index (χ1n) is 8.54. The van der Waals surface area contributed by atoms with Crippen molar-refractivity contribution in [2.24, 2.45) is 0 Å². The van der Waals surface area contributed by atoms with Gasteiger partial charge in [0.2, 0.25) is 0 Å². The standard InChI is InChI=1S/C20H23BrN2O4/c1-13(2)17-10-15(21)7-8-18(17)27-12-20(25)23-22-19(24)11-26-16-6-4-5-14(3)9-16/h4-10,13H,11-12H2,1-3H3,(H,22,24)(H,23,25). The summed E-state index contributed by atoms with van der Waals surface area (Å²) < 4.78 is 11.9. The Bertz CT molecular complexity index is 808. The van der Waals surface area contributed by atoms with Gasteiger partial charge in [0.15, 0.2) is 13.2 Å². The summed E-state index contributed by atoms with van der Waals surface area (Å²) in [5, 5.41) is 0. The summed E-state index contributed by atoms with van der Waals surface area (Å²) in [6.45, 7) is 5.62. The zero-order valence-electron chi connectivity index (χ0n) is 15.5. The summed E-state index contributed by atoms with van der Waals surface area (Å²) in [7, 11) is 0. The molecule has 0 aromatic heterocycles. The molecule has 0 spiro atoms. The highest BCUT2D eigenvalue weighted by atomic mass is 79.9. The Hall–Kier alpha value is -2.54. The van der Waals surface area contributed by atoms with Crippen molar-refractivity contribution in [3.8, 4) is 11.5 Å². The number of halogens is 1. The summed E-state index contributed by atoms with van der Waals surface area (Å²) in [5.74, 6) is 0.556. The number of hydrogen-bond donors (Lipinski definition) is 2. The lowest BCUT2D eigenvalue weighted by Gasteiger charge is -2.14. The van der Waals surface area contributed by atoms with Crippen LogP contribution in [0.25, 0.3) is 0 Å². The van der Waals surface area contributed by atoms with Crippen LogP contribution in [0.2, 0.25) is 0 Å². The number of carbonyl (C=O) groups is 2. The normalized spacial score (nSPS) is 10.4. The summed E-state index contributed by atoms with van der Waals surface area (Å²) in [5.41, 5.74) is 6.63. The van der Waals surface area contributed by atoms with Crippen molar-refractivity contribution >= 4 is 27.7 Å². The molecule has 6 nitrogen and oxygen atoms in total. The maximum atomic E-state index is 11.9. The fourth-order valence-corrected chi connectivity index (χ4v) is 2.69. The van der Waals surface area contributed by atoms with Crippen LogP contribution in [0.3, 0.4) is 0 Å². The molecule has 2 amide bonds. The molecule has 0 atom stereocenters. The molecule has 2 N–H and O–H groups in total. The second-order valence-electron chi connectivity index (χ2n) is 6.33. The number of ether oxygens (including phenoxy) is 2. The number of amides is 2. The minimum absolute atomic E-state index is 0.200. The second kappa shape index (κ2) is 9.97. The van der Waals surface area contributed by atoms with Gasteiger partial charge in [-0.3, -0.25) is 20.4 Å². The van der Waals surface area contributed by atoms with Crippen LogP contribution in [-0.2, 0) is 9.59 Å². The molecule has 2 rings (SSSR count). The fourth-order valence-electron chi connectivity index (χ4n) is 2.31. The molecule has 0 heterocycles. The van der Waals surface area contributed by atoms with Crippen molar-refractivity contribution in [2.45, 2.75) is 26.7 Å². The van der Waals surface area contributed by atoms with Crippen LogP contribution >= 0.6 is 15.9 Å². The van der Waals surface area contributed by atoms with E-state index in [1.165, 1.54) is 0 Å². The highest BCUT2D eigenvalue weighted by molar-refractivity contribution is 9.10. The Morgan fingerprint density at radius 3 is 2.30 bits per heavy atom. The predicted molar refractivity (Wildman–Crippen MR) is 107 cm³/mol. The van der Waals surface area contributed by atoms with Crippen molar-refractivity contribution in [2.75, 3.05) is 13.2 Å². The van der Waals surface area contributed by atoms with E-state index in [-0.39, 0.29) is 19.1 Å². The zero-order valence-corrected chi connectivity index (χ0v) is 17.1. The van der Waals surface area contributed by atoms with Gasteiger partial charge in [-0.1, -0.05) is 41.9 Å².